The van der Waals surface area contributed by atoms with Crippen LogP contribution in [0.15, 0.2) is 27.6 Å². The molecule has 2 aliphatic rings. The van der Waals surface area contributed by atoms with E-state index in [1.807, 2.05) is 13.8 Å². The van der Waals surface area contributed by atoms with E-state index in [2.05, 4.69) is 22.9 Å². The number of sulfonamides is 1. The molecule has 1 aromatic rings. The third kappa shape index (κ3) is 5.69. The Morgan fingerprint density at radius 1 is 1.23 bits per heavy atom. The zero-order valence-electron chi connectivity index (χ0n) is 18.3. The summed E-state index contributed by atoms with van der Waals surface area (Å²) >= 11 is 3.34. The predicted molar refractivity (Wildman–Crippen MR) is 124 cm³/mol. The van der Waals surface area contributed by atoms with Crippen molar-refractivity contribution in [2.24, 2.45) is 11.8 Å². The van der Waals surface area contributed by atoms with Gasteiger partial charge in [-0.05, 0) is 65.2 Å². The van der Waals surface area contributed by atoms with Gasteiger partial charge in [0.1, 0.15) is 0 Å². The van der Waals surface area contributed by atoms with Crippen LogP contribution in [0.1, 0.15) is 50.4 Å². The van der Waals surface area contributed by atoms with Crippen LogP contribution in [-0.4, -0.2) is 69.1 Å². The number of rotatable bonds is 6. The molecule has 10 heteroatoms. The SMILES string of the molecule is CC(C)CN(C(=O)c1ccc(Br)c(S(=O)(=O)N2CCC(C)CC2)c1)[C@H]1CCS(=O)(=O)C1. The van der Waals surface area contributed by atoms with Crippen molar-refractivity contribution < 1.29 is 21.6 Å². The molecule has 2 saturated heterocycles. The van der Waals surface area contributed by atoms with Gasteiger partial charge in [-0.2, -0.15) is 4.31 Å². The van der Waals surface area contributed by atoms with Gasteiger partial charge in [-0.3, -0.25) is 4.79 Å². The molecule has 1 atom stereocenters. The molecular weight excluding hydrogens is 504 g/mol. The fraction of sp³-hybridized carbons (Fsp3) is 0.667. The first-order valence-corrected chi connectivity index (χ1v) is 14.8. The molecule has 2 aliphatic heterocycles. The van der Waals surface area contributed by atoms with Gasteiger partial charge < -0.3 is 4.90 Å². The quantitative estimate of drug-likeness (QED) is 0.558. The highest BCUT2D eigenvalue weighted by molar-refractivity contribution is 9.10. The smallest absolute Gasteiger partial charge is 0.254 e. The second-order valence-electron chi connectivity index (χ2n) is 9.14. The van der Waals surface area contributed by atoms with Crippen LogP contribution >= 0.6 is 15.9 Å². The van der Waals surface area contributed by atoms with E-state index in [1.165, 1.54) is 10.4 Å². The van der Waals surface area contributed by atoms with Crippen LogP contribution in [0.5, 0.6) is 0 Å². The maximum absolute atomic E-state index is 13.4. The molecule has 2 fully saturated rings. The number of nitrogens with zero attached hydrogens (tertiary/aromatic N) is 2. The van der Waals surface area contributed by atoms with Crippen LogP contribution in [-0.2, 0) is 19.9 Å². The summed E-state index contributed by atoms with van der Waals surface area (Å²) < 4.78 is 52.4. The summed E-state index contributed by atoms with van der Waals surface area (Å²) in [5.41, 5.74) is 0.261. The van der Waals surface area contributed by atoms with Crippen LogP contribution in [0, 0.1) is 11.8 Å². The summed E-state index contributed by atoms with van der Waals surface area (Å²) in [6.45, 7) is 7.41. The molecule has 3 rings (SSSR count). The number of piperidine rings is 1. The standard InChI is InChI=1S/C21H31BrN2O5S2/c1-15(2)13-24(18-8-11-30(26,27)14-18)21(25)17-4-5-19(22)20(12-17)31(28,29)23-9-6-16(3)7-10-23/h4-5,12,15-16,18H,6-11,13-14H2,1-3H3/t18-/m0/s1. The van der Waals surface area contributed by atoms with Gasteiger partial charge >= 0.3 is 0 Å². The van der Waals surface area contributed by atoms with Crippen LogP contribution in [0.4, 0.5) is 0 Å². The van der Waals surface area contributed by atoms with Crippen LogP contribution in [0.2, 0.25) is 0 Å². The molecule has 0 unspecified atom stereocenters. The maximum atomic E-state index is 13.4. The number of sulfone groups is 1. The average molecular weight is 536 g/mol. The van der Waals surface area contributed by atoms with Crippen molar-refractivity contribution in [3.05, 3.63) is 28.2 Å². The summed E-state index contributed by atoms with van der Waals surface area (Å²) in [4.78, 5) is 15.1. The fourth-order valence-corrected chi connectivity index (χ4v) is 8.33. The highest BCUT2D eigenvalue weighted by atomic mass is 79.9. The Morgan fingerprint density at radius 2 is 1.87 bits per heavy atom. The number of carbonyl (C=O) groups is 1. The van der Waals surface area contributed by atoms with E-state index in [9.17, 15) is 21.6 Å². The van der Waals surface area contributed by atoms with Gasteiger partial charge in [0.25, 0.3) is 5.91 Å². The maximum Gasteiger partial charge on any atom is 0.254 e. The molecule has 0 N–H and O–H groups in total. The van der Waals surface area contributed by atoms with Gasteiger partial charge in [0.15, 0.2) is 9.84 Å². The lowest BCUT2D eigenvalue weighted by Gasteiger charge is -2.31. The molecule has 1 aromatic carbocycles. The average Bonchev–Trinajstić information content (AvgIpc) is 3.05. The van der Waals surface area contributed by atoms with Gasteiger partial charge in [-0.25, -0.2) is 16.8 Å². The first-order valence-electron chi connectivity index (χ1n) is 10.7. The van der Waals surface area contributed by atoms with Crippen molar-refractivity contribution >= 4 is 41.7 Å². The zero-order valence-corrected chi connectivity index (χ0v) is 21.5. The molecule has 1 amide bonds. The van der Waals surface area contributed by atoms with E-state index in [0.717, 1.165) is 12.8 Å². The molecule has 0 spiro atoms. The van der Waals surface area contributed by atoms with Crippen molar-refractivity contribution in [2.75, 3.05) is 31.1 Å². The molecule has 2 heterocycles. The van der Waals surface area contributed by atoms with Crippen LogP contribution in [0.3, 0.4) is 0 Å². The third-order valence-electron chi connectivity index (χ3n) is 6.01. The van der Waals surface area contributed by atoms with Crippen LogP contribution < -0.4 is 0 Å². The number of hydrogen-bond donors (Lipinski definition) is 0. The largest absolute Gasteiger partial charge is 0.334 e. The Bertz CT molecular complexity index is 1030. The summed E-state index contributed by atoms with van der Waals surface area (Å²) in [7, 11) is -6.89. The lowest BCUT2D eigenvalue weighted by Crippen LogP contribution is -2.43. The molecule has 0 bridgehead atoms. The minimum absolute atomic E-state index is 0.0426. The number of halogens is 1. The topological polar surface area (TPSA) is 91.8 Å². The van der Waals surface area contributed by atoms with Crippen molar-refractivity contribution in [2.45, 2.75) is 51.0 Å². The minimum Gasteiger partial charge on any atom is -0.334 e. The van der Waals surface area contributed by atoms with E-state index in [1.54, 1.807) is 17.0 Å². The van der Waals surface area contributed by atoms with E-state index >= 15 is 0 Å². The molecule has 7 nitrogen and oxygen atoms in total. The van der Waals surface area contributed by atoms with Crippen molar-refractivity contribution in [3.63, 3.8) is 0 Å². The summed E-state index contributed by atoms with van der Waals surface area (Å²) in [6.07, 6.45) is 2.04. The minimum atomic E-state index is -3.74. The van der Waals surface area contributed by atoms with Crippen LogP contribution in [0.25, 0.3) is 0 Å². The predicted octanol–water partition coefficient (Wildman–Crippen LogP) is 3.16. The highest BCUT2D eigenvalue weighted by Crippen LogP contribution is 2.30. The van der Waals surface area contributed by atoms with E-state index in [4.69, 9.17) is 0 Å². The van der Waals surface area contributed by atoms with Crippen molar-refractivity contribution in [1.82, 2.24) is 9.21 Å². The number of hydrogen-bond acceptors (Lipinski definition) is 5. The Morgan fingerprint density at radius 3 is 2.42 bits per heavy atom. The first-order chi connectivity index (χ1) is 14.4. The normalized spacial score (nSPS) is 22.7. The lowest BCUT2D eigenvalue weighted by atomic mass is 10.0. The summed E-state index contributed by atoms with van der Waals surface area (Å²) in [6, 6.07) is 4.23. The zero-order chi connectivity index (χ0) is 23.0. The van der Waals surface area contributed by atoms with Gasteiger partial charge in [0.2, 0.25) is 10.0 Å². The highest BCUT2D eigenvalue weighted by Gasteiger charge is 2.36. The summed E-state index contributed by atoms with van der Waals surface area (Å²) in [5, 5.41) is 0. The fourth-order valence-electron chi connectivity index (χ4n) is 4.18. The van der Waals surface area contributed by atoms with E-state index < -0.39 is 19.9 Å². The van der Waals surface area contributed by atoms with Crippen molar-refractivity contribution in [1.29, 1.82) is 0 Å². The number of amides is 1. The monoisotopic (exact) mass is 534 g/mol. The Kier molecular flexibility index (Phi) is 7.55. The molecule has 0 aromatic heterocycles. The first kappa shape index (κ1) is 24.7. The third-order valence-corrected chi connectivity index (χ3v) is 10.7. The molecular formula is C21H31BrN2O5S2. The van der Waals surface area contributed by atoms with E-state index in [0.29, 0.717) is 36.4 Å². The van der Waals surface area contributed by atoms with Crippen molar-refractivity contribution in [3.8, 4) is 0 Å². The lowest BCUT2D eigenvalue weighted by molar-refractivity contribution is 0.0672. The Balaban J connectivity index is 1.92. The summed E-state index contributed by atoms with van der Waals surface area (Å²) in [5.74, 6) is 0.356. The molecule has 31 heavy (non-hydrogen) atoms. The van der Waals surface area contributed by atoms with Gasteiger partial charge in [0, 0.05) is 35.7 Å². The molecule has 174 valence electrons. The van der Waals surface area contributed by atoms with Gasteiger partial charge in [-0.1, -0.05) is 20.8 Å². The molecule has 0 saturated carbocycles. The number of benzene rings is 1. The van der Waals surface area contributed by atoms with Gasteiger partial charge in [-0.15, -0.1) is 0 Å². The Hall–Kier alpha value is -0.970. The van der Waals surface area contributed by atoms with Gasteiger partial charge in [0.05, 0.1) is 16.4 Å². The molecule has 0 aliphatic carbocycles. The van der Waals surface area contributed by atoms with E-state index in [-0.39, 0.29) is 39.8 Å². The Labute approximate surface area is 194 Å². The second kappa shape index (κ2) is 9.49. The second-order valence-corrected chi connectivity index (χ2v) is 14.1. The number of carbonyl (C=O) groups excluding carboxylic acids is 1. The molecule has 0 radical (unpaired) electrons.